The number of benzene rings is 9. The Balaban J connectivity index is 1.17. The maximum atomic E-state index is 6.19. The minimum atomic E-state index is 0.826. The van der Waals surface area contributed by atoms with Crippen molar-refractivity contribution in [1.29, 1.82) is 0 Å². The van der Waals surface area contributed by atoms with E-state index in [0.29, 0.717) is 0 Å². The van der Waals surface area contributed by atoms with Gasteiger partial charge >= 0.3 is 0 Å². The van der Waals surface area contributed by atoms with Crippen molar-refractivity contribution in [1.82, 2.24) is 0 Å². The molecule has 54 heavy (non-hydrogen) atoms. The molecule has 10 rings (SSSR count). The van der Waals surface area contributed by atoms with E-state index in [1.807, 2.05) is 60.7 Å². The summed E-state index contributed by atoms with van der Waals surface area (Å²) in [6, 6.07) is 64.4. The molecule has 0 saturated carbocycles. The highest BCUT2D eigenvalue weighted by atomic mass is 16.5. The zero-order valence-corrected chi connectivity index (χ0v) is 30.0. The number of hydrogen-bond acceptors (Lipinski definition) is 2. The van der Waals surface area contributed by atoms with Crippen molar-refractivity contribution in [2.45, 2.75) is 25.7 Å². The zero-order chi connectivity index (χ0) is 35.8. The van der Waals surface area contributed by atoms with Gasteiger partial charge in [-0.2, -0.15) is 0 Å². The van der Waals surface area contributed by atoms with Crippen LogP contribution in [0.5, 0.6) is 23.0 Å². The highest BCUT2D eigenvalue weighted by Crippen LogP contribution is 2.50. The fourth-order valence-corrected chi connectivity index (χ4v) is 8.65. The van der Waals surface area contributed by atoms with Crippen molar-refractivity contribution in [3.05, 3.63) is 193 Å². The number of ether oxygens (including phenoxy) is 2. The lowest BCUT2D eigenvalue weighted by molar-refractivity contribution is 0.482. The fourth-order valence-electron chi connectivity index (χ4n) is 8.65. The Hall–Kier alpha value is -6.64. The van der Waals surface area contributed by atoms with Crippen molar-refractivity contribution < 1.29 is 9.47 Å². The minimum Gasteiger partial charge on any atom is -0.457 e. The van der Waals surface area contributed by atoms with Crippen LogP contribution in [0.2, 0.25) is 0 Å². The summed E-state index contributed by atoms with van der Waals surface area (Å²) in [7, 11) is 0. The first-order valence-corrected chi connectivity index (χ1v) is 19.0. The van der Waals surface area contributed by atoms with E-state index in [-0.39, 0.29) is 0 Å². The Morgan fingerprint density at radius 2 is 0.574 bits per heavy atom. The fraction of sp³-hybridized carbons (Fsp3) is 0.0769. The van der Waals surface area contributed by atoms with Crippen LogP contribution in [0.4, 0.5) is 0 Å². The Labute approximate surface area is 315 Å². The predicted molar refractivity (Wildman–Crippen MR) is 225 cm³/mol. The summed E-state index contributed by atoms with van der Waals surface area (Å²) in [4.78, 5) is 0. The quantitative estimate of drug-likeness (QED) is 0.155. The molecular formula is C52H38O2. The Morgan fingerprint density at radius 3 is 1.02 bits per heavy atom. The van der Waals surface area contributed by atoms with Crippen LogP contribution in [0.15, 0.2) is 182 Å². The first kappa shape index (κ1) is 32.0. The lowest BCUT2D eigenvalue weighted by Crippen LogP contribution is -2.08. The van der Waals surface area contributed by atoms with Gasteiger partial charge in [0.05, 0.1) is 0 Å². The van der Waals surface area contributed by atoms with E-state index in [4.69, 9.17) is 9.47 Å². The molecule has 0 N–H and O–H groups in total. The van der Waals surface area contributed by atoms with Crippen molar-refractivity contribution in [2.75, 3.05) is 0 Å². The Morgan fingerprint density at radius 1 is 0.259 bits per heavy atom. The lowest BCUT2D eigenvalue weighted by atomic mass is 9.76. The normalized spacial score (nSPS) is 12.5. The monoisotopic (exact) mass is 694 g/mol. The smallest absolute Gasteiger partial charge is 0.127 e. The van der Waals surface area contributed by atoms with Gasteiger partial charge in [-0.3, -0.25) is 0 Å². The summed E-state index contributed by atoms with van der Waals surface area (Å²) in [5, 5.41) is 7.69. The largest absolute Gasteiger partial charge is 0.457 e. The number of fused-ring (bicyclic) bond motifs is 4. The molecule has 9 aromatic carbocycles. The van der Waals surface area contributed by atoms with Crippen LogP contribution >= 0.6 is 0 Å². The molecule has 0 bridgehead atoms. The van der Waals surface area contributed by atoms with E-state index in [1.54, 1.807) is 0 Å². The molecule has 0 radical (unpaired) electrons. The van der Waals surface area contributed by atoms with Gasteiger partial charge in [0.1, 0.15) is 23.0 Å². The van der Waals surface area contributed by atoms with Crippen molar-refractivity contribution in [3.8, 4) is 56.4 Å². The molecular weight excluding hydrogens is 657 g/mol. The Bertz CT molecular complexity index is 2730. The maximum Gasteiger partial charge on any atom is 0.127 e. The van der Waals surface area contributed by atoms with Gasteiger partial charge < -0.3 is 9.47 Å². The molecule has 1 aliphatic carbocycles. The van der Waals surface area contributed by atoms with Gasteiger partial charge in [0.15, 0.2) is 0 Å². The van der Waals surface area contributed by atoms with Crippen LogP contribution < -0.4 is 9.47 Å². The highest BCUT2D eigenvalue weighted by Gasteiger charge is 2.26. The molecule has 0 saturated heterocycles. The maximum absolute atomic E-state index is 6.19. The van der Waals surface area contributed by atoms with Crippen LogP contribution in [-0.4, -0.2) is 0 Å². The summed E-state index contributed by atoms with van der Waals surface area (Å²) < 4.78 is 12.4. The second kappa shape index (κ2) is 13.7. The average molecular weight is 695 g/mol. The molecule has 0 unspecified atom stereocenters. The van der Waals surface area contributed by atoms with Gasteiger partial charge in [-0.25, -0.2) is 0 Å². The Kier molecular flexibility index (Phi) is 8.15. The van der Waals surface area contributed by atoms with Gasteiger partial charge in [-0.1, -0.05) is 133 Å². The van der Waals surface area contributed by atoms with Crippen LogP contribution in [0.1, 0.15) is 24.0 Å². The third-order valence-corrected chi connectivity index (χ3v) is 11.0. The molecule has 0 fully saturated rings. The number of rotatable bonds is 7. The van der Waals surface area contributed by atoms with Crippen molar-refractivity contribution >= 4 is 32.3 Å². The first-order valence-electron chi connectivity index (χ1n) is 19.0. The molecule has 1 aliphatic rings. The van der Waals surface area contributed by atoms with E-state index < -0.39 is 0 Å². The number of para-hydroxylation sites is 2. The topological polar surface area (TPSA) is 18.5 Å². The van der Waals surface area contributed by atoms with Gasteiger partial charge in [0.2, 0.25) is 0 Å². The van der Waals surface area contributed by atoms with E-state index in [0.717, 1.165) is 35.8 Å². The van der Waals surface area contributed by atoms with E-state index in [2.05, 4.69) is 121 Å². The first-order chi connectivity index (χ1) is 26.8. The third kappa shape index (κ3) is 5.68. The second-order valence-electron chi connectivity index (χ2n) is 14.2. The van der Waals surface area contributed by atoms with Crippen molar-refractivity contribution in [2.24, 2.45) is 0 Å². The minimum absolute atomic E-state index is 0.826. The predicted octanol–water partition coefficient (Wildman–Crippen LogP) is 14.6. The van der Waals surface area contributed by atoms with Gasteiger partial charge in [-0.05, 0) is 151 Å². The summed E-state index contributed by atoms with van der Waals surface area (Å²) in [5.41, 5.74) is 10.7. The summed E-state index contributed by atoms with van der Waals surface area (Å²) in [6.07, 6.45) is 4.51. The van der Waals surface area contributed by atoms with E-state index >= 15 is 0 Å². The molecule has 2 heteroatoms. The molecule has 2 nitrogen and oxygen atoms in total. The molecule has 0 aliphatic heterocycles. The van der Waals surface area contributed by atoms with Gasteiger partial charge in [-0.15, -0.1) is 0 Å². The van der Waals surface area contributed by atoms with Crippen LogP contribution in [0, 0.1) is 0 Å². The lowest BCUT2D eigenvalue weighted by Gasteiger charge is -2.28. The summed E-state index contributed by atoms with van der Waals surface area (Å²) >= 11 is 0. The molecule has 9 aromatic rings. The van der Waals surface area contributed by atoms with Crippen molar-refractivity contribution in [3.63, 3.8) is 0 Å². The van der Waals surface area contributed by atoms with E-state index in [9.17, 15) is 0 Å². The zero-order valence-electron chi connectivity index (χ0n) is 30.0. The standard InChI is InChI=1S/C52H38O2/c1-3-15-37(16-4-1)53-39-31-27-35(28-32-39)49-41-19-7-11-23-45(41)51(46-24-12-8-20-42(46)49)52-47-25-13-9-21-43(47)50(44-22-10-14-26-48(44)52)36-29-33-40(34-30-36)54-38-17-5-2-6-18-38/h1-9,11-13,15-21,23-25,27-34H,10,14,22,26H2. The van der Waals surface area contributed by atoms with Crippen LogP contribution in [0.3, 0.4) is 0 Å². The summed E-state index contributed by atoms with van der Waals surface area (Å²) in [5.74, 6) is 3.35. The number of hydrogen-bond donors (Lipinski definition) is 0. The van der Waals surface area contributed by atoms with Crippen LogP contribution in [-0.2, 0) is 12.8 Å². The molecule has 0 aromatic heterocycles. The summed E-state index contributed by atoms with van der Waals surface area (Å²) in [6.45, 7) is 0. The second-order valence-corrected chi connectivity index (χ2v) is 14.2. The SMILES string of the molecule is c1ccc(Oc2ccc(-c3c4c(c(-c5c6ccccc6c(-c6ccc(Oc7ccccc7)cc6)c6ccccc56)c5ccccc35)CCCC4)cc2)cc1. The van der Waals surface area contributed by atoms with Crippen LogP contribution in [0.25, 0.3) is 65.7 Å². The molecule has 258 valence electrons. The molecule has 0 heterocycles. The highest BCUT2D eigenvalue weighted by molar-refractivity contribution is 6.25. The van der Waals surface area contributed by atoms with Gasteiger partial charge in [0, 0.05) is 0 Å². The van der Waals surface area contributed by atoms with Gasteiger partial charge in [0.25, 0.3) is 0 Å². The third-order valence-electron chi connectivity index (χ3n) is 11.0. The molecule has 0 amide bonds. The molecule has 0 spiro atoms. The molecule has 0 atom stereocenters. The average Bonchev–Trinajstić information content (AvgIpc) is 3.24. The van der Waals surface area contributed by atoms with E-state index in [1.165, 1.54) is 89.7 Å².